The van der Waals surface area contributed by atoms with E-state index in [1.54, 1.807) is 50.7 Å². The van der Waals surface area contributed by atoms with Crippen molar-refractivity contribution in [2.45, 2.75) is 24.5 Å². The van der Waals surface area contributed by atoms with Crippen LogP contribution in [0.5, 0.6) is 11.5 Å². The minimum Gasteiger partial charge on any atom is -0.497 e. The highest BCUT2D eigenvalue weighted by Crippen LogP contribution is 2.28. The van der Waals surface area contributed by atoms with E-state index in [1.807, 2.05) is 0 Å². The van der Waals surface area contributed by atoms with Gasteiger partial charge in [0.25, 0.3) is 10.0 Å². The lowest BCUT2D eigenvalue weighted by Crippen LogP contribution is -2.45. The molecule has 1 amide bonds. The lowest BCUT2D eigenvalue weighted by Gasteiger charge is -2.30. The van der Waals surface area contributed by atoms with Crippen LogP contribution in [-0.4, -0.2) is 56.1 Å². The summed E-state index contributed by atoms with van der Waals surface area (Å²) in [6.45, 7) is 0.660. The zero-order chi connectivity index (χ0) is 23.4. The van der Waals surface area contributed by atoms with Gasteiger partial charge in [0.2, 0.25) is 11.0 Å². The second-order valence-corrected chi connectivity index (χ2v) is 9.56. The largest absolute Gasteiger partial charge is 0.497 e. The summed E-state index contributed by atoms with van der Waals surface area (Å²) in [4.78, 5) is 12.9. The van der Waals surface area contributed by atoms with E-state index in [0.717, 1.165) is 5.56 Å². The van der Waals surface area contributed by atoms with Crippen molar-refractivity contribution in [2.24, 2.45) is 5.92 Å². The van der Waals surface area contributed by atoms with Crippen molar-refractivity contribution in [3.05, 3.63) is 48.2 Å². The molecule has 1 aromatic carbocycles. The number of benzene rings is 1. The van der Waals surface area contributed by atoms with Gasteiger partial charge in [0.1, 0.15) is 17.2 Å². The molecule has 0 spiro atoms. The molecule has 1 aliphatic rings. The third-order valence-electron chi connectivity index (χ3n) is 5.64. The monoisotopic (exact) mass is 474 g/mol. The van der Waals surface area contributed by atoms with Crippen molar-refractivity contribution >= 4 is 15.9 Å². The Labute approximate surface area is 191 Å². The molecule has 10 nitrogen and oxygen atoms in total. The van der Waals surface area contributed by atoms with Crippen LogP contribution in [0.15, 0.2) is 52.1 Å². The van der Waals surface area contributed by atoms with E-state index in [1.165, 1.54) is 10.4 Å². The molecule has 2 N–H and O–H groups in total. The second kappa shape index (κ2) is 9.67. The van der Waals surface area contributed by atoms with Crippen molar-refractivity contribution in [3.63, 3.8) is 0 Å². The van der Waals surface area contributed by atoms with Gasteiger partial charge >= 0.3 is 0 Å². The molecule has 11 heteroatoms. The van der Waals surface area contributed by atoms with Gasteiger partial charge < -0.3 is 19.2 Å². The predicted octanol–water partition coefficient (Wildman–Crippen LogP) is 2.40. The third-order valence-corrected chi connectivity index (χ3v) is 7.38. The lowest BCUT2D eigenvalue weighted by atomic mass is 9.98. The van der Waals surface area contributed by atoms with Gasteiger partial charge in [0.05, 0.1) is 20.1 Å². The van der Waals surface area contributed by atoms with Crippen molar-refractivity contribution in [1.82, 2.24) is 19.8 Å². The van der Waals surface area contributed by atoms with E-state index in [2.05, 4.69) is 15.5 Å². The predicted molar refractivity (Wildman–Crippen MR) is 119 cm³/mol. The van der Waals surface area contributed by atoms with E-state index in [9.17, 15) is 13.2 Å². The Morgan fingerprint density at radius 2 is 2.09 bits per heavy atom. The zero-order valence-electron chi connectivity index (χ0n) is 18.4. The molecule has 0 unspecified atom stereocenters. The smallest absolute Gasteiger partial charge is 0.276 e. The molecule has 1 atom stereocenters. The number of nitrogens with one attached hydrogen (secondary N) is 2. The number of amides is 1. The maximum Gasteiger partial charge on any atom is 0.276 e. The molecule has 33 heavy (non-hydrogen) atoms. The fourth-order valence-electron chi connectivity index (χ4n) is 3.85. The standard InChI is InChI=1S/C22H26N4O6S/c1-30-17-5-6-19(31-2)16(12-17)13-23-22(27)15-4-3-11-26(14-15)33(28,29)21-8-7-20(32-21)18-9-10-24-25-18/h5-10,12,15H,3-4,11,13-14H2,1-2H3,(H,23,27)(H,24,25)/t15-/m0/s1. The number of carbonyl (C=O) groups is 1. The first-order chi connectivity index (χ1) is 15.9. The number of nitrogens with zero attached hydrogens (tertiary/aromatic N) is 2. The van der Waals surface area contributed by atoms with Crippen LogP contribution in [0.25, 0.3) is 11.5 Å². The molecule has 3 aromatic rings. The molecular formula is C22H26N4O6S. The van der Waals surface area contributed by atoms with Gasteiger partial charge in [-0.25, -0.2) is 8.42 Å². The number of carbonyl (C=O) groups excluding carboxylic acids is 1. The number of hydrogen-bond donors (Lipinski definition) is 2. The zero-order valence-corrected chi connectivity index (χ0v) is 19.2. The van der Waals surface area contributed by atoms with Crippen LogP contribution in [0.3, 0.4) is 0 Å². The lowest BCUT2D eigenvalue weighted by molar-refractivity contribution is -0.126. The van der Waals surface area contributed by atoms with E-state index in [0.29, 0.717) is 42.3 Å². The van der Waals surface area contributed by atoms with Gasteiger partial charge in [-0.05, 0) is 49.2 Å². The van der Waals surface area contributed by atoms with Crippen molar-refractivity contribution in [2.75, 3.05) is 27.3 Å². The summed E-state index contributed by atoms with van der Waals surface area (Å²) in [7, 11) is -0.743. The van der Waals surface area contributed by atoms with E-state index < -0.39 is 15.9 Å². The minimum absolute atomic E-state index is 0.0868. The highest BCUT2D eigenvalue weighted by molar-refractivity contribution is 7.89. The average molecular weight is 475 g/mol. The molecular weight excluding hydrogens is 448 g/mol. The van der Waals surface area contributed by atoms with Crippen LogP contribution in [0, 0.1) is 5.92 Å². The summed E-state index contributed by atoms with van der Waals surface area (Å²) >= 11 is 0. The van der Waals surface area contributed by atoms with Crippen molar-refractivity contribution in [1.29, 1.82) is 0 Å². The SMILES string of the molecule is COc1ccc(OC)c(CNC(=O)[C@H]2CCCN(S(=O)(=O)c3ccc(-c4ccn[nH]4)o3)C2)c1. The molecule has 1 aliphatic heterocycles. The molecule has 2 aromatic heterocycles. The number of aromatic amines is 1. The van der Waals surface area contributed by atoms with Crippen LogP contribution in [0.4, 0.5) is 0 Å². The quantitative estimate of drug-likeness (QED) is 0.513. The highest BCUT2D eigenvalue weighted by Gasteiger charge is 2.35. The summed E-state index contributed by atoms with van der Waals surface area (Å²) < 4.78 is 43.7. The summed E-state index contributed by atoms with van der Waals surface area (Å²) in [6.07, 6.45) is 2.74. The van der Waals surface area contributed by atoms with E-state index >= 15 is 0 Å². The average Bonchev–Trinajstić information content (AvgIpc) is 3.55. The number of methoxy groups -OCH3 is 2. The third kappa shape index (κ3) is 4.88. The number of ether oxygens (including phenoxy) is 2. The molecule has 0 aliphatic carbocycles. The van der Waals surface area contributed by atoms with E-state index in [-0.39, 0.29) is 24.1 Å². The van der Waals surface area contributed by atoms with Gasteiger partial charge in [-0.1, -0.05) is 0 Å². The molecule has 0 radical (unpaired) electrons. The van der Waals surface area contributed by atoms with Crippen LogP contribution in [0.2, 0.25) is 0 Å². The Hall–Kier alpha value is -3.31. The molecule has 4 rings (SSSR count). The van der Waals surface area contributed by atoms with Gasteiger partial charge in [0, 0.05) is 31.4 Å². The van der Waals surface area contributed by atoms with Gasteiger partial charge in [-0.3, -0.25) is 9.89 Å². The Bertz CT molecular complexity index is 1210. The molecule has 0 bridgehead atoms. The van der Waals surface area contributed by atoms with Crippen molar-refractivity contribution in [3.8, 4) is 23.0 Å². The first kappa shape index (κ1) is 22.9. The normalized spacial score (nSPS) is 17.0. The molecule has 1 fully saturated rings. The number of hydrogen-bond acceptors (Lipinski definition) is 7. The van der Waals surface area contributed by atoms with Crippen LogP contribution in [-0.2, 0) is 21.4 Å². The number of rotatable bonds is 8. The van der Waals surface area contributed by atoms with Crippen LogP contribution < -0.4 is 14.8 Å². The molecule has 3 heterocycles. The van der Waals surface area contributed by atoms with Gasteiger partial charge in [-0.2, -0.15) is 9.40 Å². The Kier molecular flexibility index (Phi) is 6.70. The Morgan fingerprint density at radius 3 is 2.82 bits per heavy atom. The number of piperidine rings is 1. The highest BCUT2D eigenvalue weighted by atomic mass is 32.2. The second-order valence-electron chi connectivity index (χ2n) is 7.69. The van der Waals surface area contributed by atoms with Gasteiger partial charge in [-0.15, -0.1) is 0 Å². The van der Waals surface area contributed by atoms with Crippen molar-refractivity contribution < 1.29 is 27.1 Å². The summed E-state index contributed by atoms with van der Waals surface area (Å²) in [6, 6.07) is 10.0. The Balaban J connectivity index is 1.42. The topological polar surface area (TPSA) is 127 Å². The first-order valence-corrected chi connectivity index (χ1v) is 11.9. The fraction of sp³-hybridized carbons (Fsp3) is 0.364. The molecule has 176 valence electrons. The number of aromatic nitrogens is 2. The molecule has 0 saturated carbocycles. The number of sulfonamides is 1. The van der Waals surface area contributed by atoms with Crippen LogP contribution in [0.1, 0.15) is 18.4 Å². The van der Waals surface area contributed by atoms with Crippen LogP contribution >= 0.6 is 0 Å². The maximum absolute atomic E-state index is 13.1. The summed E-state index contributed by atoms with van der Waals surface area (Å²) in [5.41, 5.74) is 1.35. The number of H-pyrrole nitrogens is 1. The fourth-order valence-corrected chi connectivity index (χ4v) is 5.28. The summed E-state index contributed by atoms with van der Waals surface area (Å²) in [5, 5.41) is 9.33. The first-order valence-electron chi connectivity index (χ1n) is 10.5. The minimum atomic E-state index is -3.87. The summed E-state index contributed by atoms with van der Waals surface area (Å²) in [5.74, 6) is 0.993. The Morgan fingerprint density at radius 1 is 1.24 bits per heavy atom. The van der Waals surface area contributed by atoms with E-state index in [4.69, 9.17) is 13.9 Å². The number of furan rings is 1. The maximum atomic E-state index is 13.1. The molecule has 1 saturated heterocycles. The van der Waals surface area contributed by atoms with Gasteiger partial charge in [0.15, 0.2) is 5.76 Å².